The van der Waals surface area contributed by atoms with Gasteiger partial charge in [0, 0.05) is 13.5 Å². The first kappa shape index (κ1) is 14.7. The van der Waals surface area contributed by atoms with E-state index in [0.717, 1.165) is 25.7 Å². The summed E-state index contributed by atoms with van der Waals surface area (Å²) in [6.07, 6.45) is 4.05. The van der Waals surface area contributed by atoms with Crippen LogP contribution in [0.4, 0.5) is 0 Å². The minimum Gasteiger partial charge on any atom is -0.384 e. The number of carbonyl (C=O) groups excluding carboxylic acids is 1. The van der Waals surface area contributed by atoms with Gasteiger partial charge in [-0.2, -0.15) is 0 Å². The monoisotopic (exact) mass is 240 g/mol. The Balaban J connectivity index is 2.80. The maximum absolute atomic E-state index is 12.6. The van der Waals surface area contributed by atoms with Crippen molar-refractivity contribution in [1.29, 1.82) is 0 Å². The van der Waals surface area contributed by atoms with Crippen LogP contribution in [0.2, 0.25) is 0 Å². The first-order valence-corrected chi connectivity index (χ1v) is 6.97. The number of rotatable bonds is 6. The number of hydrogen-bond donors (Lipinski definition) is 0. The van der Waals surface area contributed by atoms with Crippen LogP contribution in [0, 0.1) is 23.2 Å². The van der Waals surface area contributed by atoms with Crippen molar-refractivity contribution in [3.05, 3.63) is 0 Å². The van der Waals surface area contributed by atoms with E-state index in [1.807, 2.05) is 0 Å². The Labute approximate surface area is 106 Å². The second kappa shape index (κ2) is 5.99. The molecule has 100 valence electrons. The Morgan fingerprint density at radius 2 is 1.82 bits per heavy atom. The van der Waals surface area contributed by atoms with E-state index in [-0.39, 0.29) is 5.41 Å². The van der Waals surface area contributed by atoms with Crippen LogP contribution in [0.15, 0.2) is 0 Å². The third-order valence-corrected chi connectivity index (χ3v) is 4.64. The van der Waals surface area contributed by atoms with Gasteiger partial charge in [-0.05, 0) is 37.0 Å². The molecular formula is C15H28O2. The van der Waals surface area contributed by atoms with Gasteiger partial charge in [0.2, 0.25) is 0 Å². The van der Waals surface area contributed by atoms with Gasteiger partial charge >= 0.3 is 0 Å². The van der Waals surface area contributed by atoms with Gasteiger partial charge in [0.25, 0.3) is 0 Å². The van der Waals surface area contributed by atoms with E-state index in [1.54, 1.807) is 7.11 Å². The summed E-state index contributed by atoms with van der Waals surface area (Å²) in [6.45, 7) is 9.40. The van der Waals surface area contributed by atoms with Gasteiger partial charge in [-0.15, -0.1) is 0 Å². The molecule has 0 aromatic rings. The molecule has 2 nitrogen and oxygen atoms in total. The normalized spacial score (nSPS) is 33.3. The second-order valence-electron chi connectivity index (χ2n) is 6.21. The first-order chi connectivity index (χ1) is 7.95. The number of carbonyl (C=O) groups is 1. The smallest absolute Gasteiger partial charge is 0.141 e. The lowest BCUT2D eigenvalue weighted by Gasteiger charge is -2.36. The van der Waals surface area contributed by atoms with Crippen molar-refractivity contribution >= 4 is 5.78 Å². The third-order valence-electron chi connectivity index (χ3n) is 4.64. The van der Waals surface area contributed by atoms with Gasteiger partial charge in [0.15, 0.2) is 0 Å². The lowest BCUT2D eigenvalue weighted by molar-refractivity contribution is -0.137. The lowest BCUT2D eigenvalue weighted by atomic mass is 9.69. The SMILES string of the molecule is COCC1(C(=O)CCC(C)C)C(C)CCC1C. The predicted octanol–water partition coefficient (Wildman–Crippen LogP) is 3.69. The molecule has 0 aromatic heterocycles. The van der Waals surface area contributed by atoms with E-state index in [9.17, 15) is 4.79 Å². The molecule has 1 rings (SSSR count). The van der Waals surface area contributed by atoms with Crippen molar-refractivity contribution in [2.75, 3.05) is 13.7 Å². The van der Waals surface area contributed by atoms with E-state index in [4.69, 9.17) is 4.74 Å². The van der Waals surface area contributed by atoms with Crippen molar-refractivity contribution in [2.24, 2.45) is 23.2 Å². The molecule has 1 saturated carbocycles. The maximum Gasteiger partial charge on any atom is 0.141 e. The van der Waals surface area contributed by atoms with Crippen LogP contribution in [0.25, 0.3) is 0 Å². The zero-order valence-corrected chi connectivity index (χ0v) is 12.1. The quantitative estimate of drug-likeness (QED) is 0.707. The van der Waals surface area contributed by atoms with Gasteiger partial charge in [0.1, 0.15) is 5.78 Å². The van der Waals surface area contributed by atoms with Crippen molar-refractivity contribution in [1.82, 2.24) is 0 Å². The van der Waals surface area contributed by atoms with Crippen molar-refractivity contribution in [3.63, 3.8) is 0 Å². The van der Waals surface area contributed by atoms with Gasteiger partial charge in [-0.3, -0.25) is 4.79 Å². The summed E-state index contributed by atoms with van der Waals surface area (Å²) >= 11 is 0. The molecule has 17 heavy (non-hydrogen) atoms. The van der Waals surface area contributed by atoms with Crippen molar-refractivity contribution in [2.45, 2.75) is 53.4 Å². The number of ether oxygens (including phenoxy) is 1. The van der Waals surface area contributed by atoms with E-state index < -0.39 is 0 Å². The molecule has 0 amide bonds. The molecule has 0 spiro atoms. The van der Waals surface area contributed by atoms with Crippen LogP contribution in [0.3, 0.4) is 0 Å². The van der Waals surface area contributed by atoms with Crippen LogP contribution in [0.5, 0.6) is 0 Å². The fraction of sp³-hybridized carbons (Fsp3) is 0.933. The molecule has 1 fully saturated rings. The molecule has 0 saturated heterocycles. The molecule has 1 aliphatic rings. The van der Waals surface area contributed by atoms with E-state index >= 15 is 0 Å². The fourth-order valence-electron chi connectivity index (χ4n) is 3.31. The van der Waals surface area contributed by atoms with Gasteiger partial charge < -0.3 is 4.74 Å². The zero-order chi connectivity index (χ0) is 13.1. The Morgan fingerprint density at radius 3 is 2.24 bits per heavy atom. The summed E-state index contributed by atoms with van der Waals surface area (Å²) in [5.41, 5.74) is -0.205. The fourth-order valence-corrected chi connectivity index (χ4v) is 3.31. The number of Topliss-reactive ketones (excluding diaryl/α,β-unsaturated/α-hetero) is 1. The highest BCUT2D eigenvalue weighted by atomic mass is 16.5. The van der Waals surface area contributed by atoms with E-state index in [1.165, 1.54) is 0 Å². The third kappa shape index (κ3) is 2.90. The molecule has 2 atom stereocenters. The number of hydrogen-bond acceptors (Lipinski definition) is 2. The van der Waals surface area contributed by atoms with Crippen LogP contribution >= 0.6 is 0 Å². The van der Waals surface area contributed by atoms with Gasteiger partial charge in [0.05, 0.1) is 12.0 Å². The summed E-state index contributed by atoms with van der Waals surface area (Å²) in [5, 5.41) is 0. The van der Waals surface area contributed by atoms with E-state index in [2.05, 4.69) is 27.7 Å². The average Bonchev–Trinajstić information content (AvgIpc) is 2.55. The molecule has 0 heterocycles. The molecule has 2 unspecified atom stereocenters. The molecule has 0 bridgehead atoms. The Kier molecular flexibility index (Phi) is 5.18. The number of methoxy groups -OCH3 is 1. The standard InChI is InChI=1S/C15H28O2/c1-11(2)6-9-14(16)15(10-17-5)12(3)7-8-13(15)4/h11-13H,6-10H2,1-5H3. The molecule has 0 aromatic carbocycles. The largest absolute Gasteiger partial charge is 0.384 e. The summed E-state index contributed by atoms with van der Waals surface area (Å²) in [6, 6.07) is 0. The molecule has 1 aliphatic carbocycles. The molecule has 0 radical (unpaired) electrons. The molecule has 0 N–H and O–H groups in total. The maximum atomic E-state index is 12.6. The van der Waals surface area contributed by atoms with Gasteiger partial charge in [-0.1, -0.05) is 27.7 Å². The highest BCUT2D eigenvalue weighted by Crippen LogP contribution is 2.49. The molecule has 2 heteroatoms. The highest BCUT2D eigenvalue weighted by Gasteiger charge is 2.50. The molecular weight excluding hydrogens is 212 g/mol. The van der Waals surface area contributed by atoms with Crippen molar-refractivity contribution < 1.29 is 9.53 Å². The first-order valence-electron chi connectivity index (χ1n) is 6.97. The average molecular weight is 240 g/mol. The lowest BCUT2D eigenvalue weighted by Crippen LogP contribution is -2.42. The second-order valence-corrected chi connectivity index (χ2v) is 6.21. The predicted molar refractivity (Wildman–Crippen MR) is 71.0 cm³/mol. The summed E-state index contributed by atoms with van der Waals surface area (Å²) in [4.78, 5) is 12.6. The van der Waals surface area contributed by atoms with Crippen LogP contribution in [0.1, 0.15) is 53.4 Å². The Bertz CT molecular complexity index is 248. The van der Waals surface area contributed by atoms with Crippen LogP contribution < -0.4 is 0 Å². The summed E-state index contributed by atoms with van der Waals surface area (Å²) < 4.78 is 5.38. The van der Waals surface area contributed by atoms with E-state index in [0.29, 0.717) is 30.1 Å². The van der Waals surface area contributed by atoms with Gasteiger partial charge in [-0.25, -0.2) is 0 Å². The summed E-state index contributed by atoms with van der Waals surface area (Å²) in [7, 11) is 1.72. The summed E-state index contributed by atoms with van der Waals surface area (Å²) in [5.74, 6) is 1.98. The highest BCUT2D eigenvalue weighted by molar-refractivity contribution is 5.86. The molecule has 0 aliphatic heterocycles. The van der Waals surface area contributed by atoms with Crippen LogP contribution in [-0.2, 0) is 9.53 Å². The minimum absolute atomic E-state index is 0.205. The van der Waals surface area contributed by atoms with Crippen molar-refractivity contribution in [3.8, 4) is 0 Å². The Morgan fingerprint density at radius 1 is 1.29 bits per heavy atom. The zero-order valence-electron chi connectivity index (χ0n) is 12.1. The van der Waals surface area contributed by atoms with Crippen LogP contribution in [-0.4, -0.2) is 19.5 Å². The number of ketones is 1. The minimum atomic E-state index is -0.205. The Hall–Kier alpha value is -0.370. The topological polar surface area (TPSA) is 26.3 Å².